The van der Waals surface area contributed by atoms with Crippen LogP contribution in [0.4, 0.5) is 0 Å². The standard InChI is InChI=1S/C16H30N2/c1-17-11-13-4-3-9-18(12-13)16-6-2-5-15(10-16)14-7-8-14/h13-17H,2-12H2,1H3. The fourth-order valence-corrected chi connectivity index (χ4v) is 4.41. The van der Waals surface area contributed by atoms with E-state index in [1.54, 1.807) is 12.8 Å². The van der Waals surface area contributed by atoms with Gasteiger partial charge in [-0.3, -0.25) is 0 Å². The van der Waals surface area contributed by atoms with Gasteiger partial charge in [-0.2, -0.15) is 0 Å². The summed E-state index contributed by atoms with van der Waals surface area (Å²) in [5, 5.41) is 3.37. The zero-order valence-electron chi connectivity index (χ0n) is 12.0. The highest BCUT2D eigenvalue weighted by Gasteiger charge is 2.37. The van der Waals surface area contributed by atoms with Crippen LogP contribution < -0.4 is 5.32 Å². The van der Waals surface area contributed by atoms with Crippen molar-refractivity contribution in [2.75, 3.05) is 26.7 Å². The van der Waals surface area contributed by atoms with E-state index < -0.39 is 0 Å². The van der Waals surface area contributed by atoms with E-state index in [2.05, 4.69) is 17.3 Å². The minimum Gasteiger partial charge on any atom is -0.319 e. The molecule has 2 nitrogen and oxygen atoms in total. The molecule has 1 saturated heterocycles. The number of nitrogens with one attached hydrogen (secondary N) is 1. The van der Waals surface area contributed by atoms with Gasteiger partial charge in [0.1, 0.15) is 0 Å². The minimum atomic E-state index is 0.907. The topological polar surface area (TPSA) is 15.3 Å². The Morgan fingerprint density at radius 3 is 2.67 bits per heavy atom. The summed E-state index contributed by atoms with van der Waals surface area (Å²) < 4.78 is 0. The van der Waals surface area contributed by atoms with Crippen molar-refractivity contribution >= 4 is 0 Å². The van der Waals surface area contributed by atoms with Crippen molar-refractivity contribution in [1.29, 1.82) is 0 Å². The monoisotopic (exact) mass is 250 g/mol. The van der Waals surface area contributed by atoms with E-state index >= 15 is 0 Å². The molecule has 0 amide bonds. The van der Waals surface area contributed by atoms with Crippen LogP contribution >= 0.6 is 0 Å². The van der Waals surface area contributed by atoms with Crippen LogP contribution in [0.25, 0.3) is 0 Å². The van der Waals surface area contributed by atoms with Crippen LogP contribution in [0, 0.1) is 17.8 Å². The Hall–Kier alpha value is -0.0800. The third kappa shape index (κ3) is 3.08. The summed E-state index contributed by atoms with van der Waals surface area (Å²) in [6.45, 7) is 3.96. The van der Waals surface area contributed by atoms with Crippen molar-refractivity contribution in [3.63, 3.8) is 0 Å². The molecule has 0 aromatic heterocycles. The lowest BCUT2D eigenvalue weighted by atomic mass is 9.81. The van der Waals surface area contributed by atoms with Crippen LogP contribution in [0.3, 0.4) is 0 Å². The Morgan fingerprint density at radius 1 is 1.00 bits per heavy atom. The van der Waals surface area contributed by atoms with E-state index in [1.165, 1.54) is 58.2 Å². The molecule has 18 heavy (non-hydrogen) atoms. The van der Waals surface area contributed by atoms with Gasteiger partial charge in [-0.15, -0.1) is 0 Å². The molecule has 0 aromatic rings. The third-order valence-electron chi connectivity index (χ3n) is 5.54. The third-order valence-corrected chi connectivity index (χ3v) is 5.54. The van der Waals surface area contributed by atoms with Crippen LogP contribution in [0.2, 0.25) is 0 Å². The molecule has 0 aromatic carbocycles. The van der Waals surface area contributed by atoms with Gasteiger partial charge in [0.05, 0.1) is 0 Å². The van der Waals surface area contributed by atoms with Crippen LogP contribution in [0.1, 0.15) is 51.4 Å². The second kappa shape index (κ2) is 5.92. The summed E-state index contributed by atoms with van der Waals surface area (Å²) in [6.07, 6.45) is 12.0. The quantitative estimate of drug-likeness (QED) is 0.825. The first-order valence-corrected chi connectivity index (χ1v) is 8.25. The molecule has 0 spiro atoms. The van der Waals surface area contributed by atoms with Crippen molar-refractivity contribution < 1.29 is 0 Å². The number of likely N-dealkylation sites (tertiary alicyclic amines) is 1. The van der Waals surface area contributed by atoms with Crippen molar-refractivity contribution in [2.24, 2.45) is 17.8 Å². The van der Waals surface area contributed by atoms with Gasteiger partial charge >= 0.3 is 0 Å². The van der Waals surface area contributed by atoms with Gasteiger partial charge in [0.2, 0.25) is 0 Å². The maximum absolute atomic E-state index is 3.37. The highest BCUT2D eigenvalue weighted by atomic mass is 15.2. The van der Waals surface area contributed by atoms with Crippen molar-refractivity contribution in [1.82, 2.24) is 10.2 Å². The molecule has 2 heteroatoms. The van der Waals surface area contributed by atoms with Crippen LogP contribution in [-0.4, -0.2) is 37.6 Å². The van der Waals surface area contributed by atoms with Crippen molar-refractivity contribution in [3.05, 3.63) is 0 Å². The Balaban J connectivity index is 1.52. The van der Waals surface area contributed by atoms with Crippen LogP contribution in [0.15, 0.2) is 0 Å². The second-order valence-electron chi connectivity index (χ2n) is 6.98. The first-order chi connectivity index (χ1) is 8.86. The van der Waals surface area contributed by atoms with Gasteiger partial charge < -0.3 is 10.2 Å². The summed E-state index contributed by atoms with van der Waals surface area (Å²) in [7, 11) is 2.10. The highest BCUT2D eigenvalue weighted by Crippen LogP contribution is 2.45. The predicted molar refractivity (Wildman–Crippen MR) is 76.7 cm³/mol. The summed E-state index contributed by atoms with van der Waals surface area (Å²) in [5.74, 6) is 3.13. The molecule has 3 fully saturated rings. The first-order valence-electron chi connectivity index (χ1n) is 8.25. The number of hydrogen-bond donors (Lipinski definition) is 1. The van der Waals surface area contributed by atoms with Crippen LogP contribution in [-0.2, 0) is 0 Å². The minimum absolute atomic E-state index is 0.907. The molecule has 3 rings (SSSR count). The number of rotatable bonds is 4. The molecule has 3 aliphatic rings. The largest absolute Gasteiger partial charge is 0.319 e. The summed E-state index contributed by atoms with van der Waals surface area (Å²) in [6, 6.07) is 0.934. The predicted octanol–water partition coefficient (Wildman–Crippen LogP) is 2.89. The fourth-order valence-electron chi connectivity index (χ4n) is 4.41. The van der Waals surface area contributed by atoms with Gasteiger partial charge in [-0.05, 0) is 76.4 Å². The molecule has 1 N–H and O–H groups in total. The van der Waals surface area contributed by atoms with E-state index in [0.29, 0.717) is 0 Å². The van der Waals surface area contributed by atoms with Crippen molar-refractivity contribution in [3.8, 4) is 0 Å². The Kier molecular flexibility index (Phi) is 4.25. The van der Waals surface area contributed by atoms with Gasteiger partial charge in [-0.25, -0.2) is 0 Å². The van der Waals surface area contributed by atoms with Gasteiger partial charge in [-0.1, -0.05) is 12.8 Å². The maximum Gasteiger partial charge on any atom is 0.00981 e. The Bertz CT molecular complexity index is 260. The molecular formula is C16H30N2. The second-order valence-corrected chi connectivity index (χ2v) is 6.98. The fraction of sp³-hybridized carbons (Fsp3) is 1.00. The zero-order chi connectivity index (χ0) is 12.4. The smallest absolute Gasteiger partial charge is 0.00981 e. The Labute approximate surface area is 113 Å². The molecule has 0 radical (unpaired) electrons. The number of nitrogens with zero attached hydrogens (tertiary/aromatic N) is 1. The summed E-state index contributed by atoms with van der Waals surface area (Å²) in [5.41, 5.74) is 0. The van der Waals surface area contributed by atoms with Crippen LogP contribution in [0.5, 0.6) is 0 Å². The SMILES string of the molecule is CNCC1CCCN(C2CCCC(C3CC3)C2)C1. The van der Waals surface area contributed by atoms with Gasteiger partial charge in [0.25, 0.3) is 0 Å². The van der Waals surface area contributed by atoms with Crippen molar-refractivity contribution in [2.45, 2.75) is 57.4 Å². The van der Waals surface area contributed by atoms with E-state index in [-0.39, 0.29) is 0 Å². The molecule has 104 valence electrons. The van der Waals surface area contributed by atoms with E-state index in [1.807, 2.05) is 0 Å². The average Bonchev–Trinajstić information content (AvgIpc) is 3.24. The Morgan fingerprint density at radius 2 is 1.89 bits per heavy atom. The average molecular weight is 250 g/mol. The molecule has 3 atom stereocenters. The number of hydrogen-bond acceptors (Lipinski definition) is 2. The molecule has 1 heterocycles. The lowest BCUT2D eigenvalue weighted by Gasteiger charge is -2.42. The lowest BCUT2D eigenvalue weighted by Crippen LogP contribution is -2.46. The molecular weight excluding hydrogens is 220 g/mol. The van der Waals surface area contributed by atoms with E-state index in [4.69, 9.17) is 0 Å². The molecule has 1 aliphatic heterocycles. The van der Waals surface area contributed by atoms with Gasteiger partial charge in [0, 0.05) is 12.6 Å². The maximum atomic E-state index is 3.37. The number of piperidine rings is 1. The highest BCUT2D eigenvalue weighted by molar-refractivity contribution is 4.90. The van der Waals surface area contributed by atoms with Gasteiger partial charge in [0.15, 0.2) is 0 Å². The normalized spacial score (nSPS) is 38.8. The summed E-state index contributed by atoms with van der Waals surface area (Å²) in [4.78, 5) is 2.85. The molecule has 2 saturated carbocycles. The molecule has 0 bridgehead atoms. The molecule has 3 unspecified atom stereocenters. The zero-order valence-corrected chi connectivity index (χ0v) is 12.0. The first kappa shape index (κ1) is 12.9. The van der Waals surface area contributed by atoms with E-state index in [9.17, 15) is 0 Å². The van der Waals surface area contributed by atoms with E-state index in [0.717, 1.165) is 23.8 Å². The molecule has 2 aliphatic carbocycles. The summed E-state index contributed by atoms with van der Waals surface area (Å²) >= 11 is 0. The lowest BCUT2D eigenvalue weighted by molar-refractivity contribution is 0.0783.